The van der Waals surface area contributed by atoms with E-state index in [2.05, 4.69) is 24.1 Å². The van der Waals surface area contributed by atoms with E-state index in [1.165, 1.54) is 25.9 Å². The molecule has 3 atom stereocenters. The molecule has 0 aliphatic carbocycles. The van der Waals surface area contributed by atoms with E-state index in [0.29, 0.717) is 0 Å². The summed E-state index contributed by atoms with van der Waals surface area (Å²) in [5, 5.41) is 3.57. The molecule has 2 heterocycles. The van der Waals surface area contributed by atoms with Crippen LogP contribution < -0.4 is 5.32 Å². The highest BCUT2D eigenvalue weighted by Crippen LogP contribution is 2.21. The molecule has 16 heavy (non-hydrogen) atoms. The fraction of sp³-hybridized carbons (Fsp3) is 1.00. The average molecular weight is 226 g/mol. The SMILES string of the molecule is CC1CC(C)N(CCNCC2CCOC2)C1. The molecule has 3 heteroatoms. The topological polar surface area (TPSA) is 24.5 Å². The van der Waals surface area contributed by atoms with Crippen LogP contribution in [0, 0.1) is 11.8 Å². The lowest BCUT2D eigenvalue weighted by molar-refractivity contribution is 0.184. The molecule has 2 aliphatic rings. The quantitative estimate of drug-likeness (QED) is 0.716. The lowest BCUT2D eigenvalue weighted by Gasteiger charge is -2.21. The Hall–Kier alpha value is -0.120. The summed E-state index contributed by atoms with van der Waals surface area (Å²) in [5.41, 5.74) is 0. The molecule has 0 aromatic rings. The second kappa shape index (κ2) is 5.99. The van der Waals surface area contributed by atoms with Gasteiger partial charge in [-0.3, -0.25) is 4.90 Å². The molecular formula is C13H26N2O. The number of hydrogen-bond donors (Lipinski definition) is 1. The number of ether oxygens (including phenoxy) is 1. The third-order valence-corrected chi connectivity index (χ3v) is 3.95. The van der Waals surface area contributed by atoms with Gasteiger partial charge in [-0.05, 0) is 31.6 Å². The number of hydrogen-bond acceptors (Lipinski definition) is 3. The highest BCUT2D eigenvalue weighted by molar-refractivity contribution is 4.80. The first-order valence-corrected chi connectivity index (χ1v) is 6.78. The molecule has 2 rings (SSSR count). The lowest BCUT2D eigenvalue weighted by Crippen LogP contribution is -2.36. The maximum absolute atomic E-state index is 5.37. The first-order chi connectivity index (χ1) is 7.75. The molecule has 2 aliphatic heterocycles. The van der Waals surface area contributed by atoms with Crippen molar-refractivity contribution in [2.45, 2.75) is 32.7 Å². The van der Waals surface area contributed by atoms with Crippen LogP contribution in [0.5, 0.6) is 0 Å². The van der Waals surface area contributed by atoms with Crippen LogP contribution >= 0.6 is 0 Å². The standard InChI is InChI=1S/C13H26N2O/c1-11-7-12(2)15(9-11)5-4-14-8-13-3-6-16-10-13/h11-14H,3-10H2,1-2H3. The minimum Gasteiger partial charge on any atom is -0.381 e. The van der Waals surface area contributed by atoms with Gasteiger partial charge in [-0.15, -0.1) is 0 Å². The van der Waals surface area contributed by atoms with Crippen LogP contribution in [0.1, 0.15) is 26.7 Å². The van der Waals surface area contributed by atoms with Gasteiger partial charge < -0.3 is 10.1 Å². The minimum atomic E-state index is 0.759. The Bertz CT molecular complexity index is 204. The average Bonchev–Trinajstić information content (AvgIpc) is 2.84. The fourth-order valence-corrected chi connectivity index (χ4v) is 2.97. The van der Waals surface area contributed by atoms with Crippen molar-refractivity contribution in [3.05, 3.63) is 0 Å². The maximum atomic E-state index is 5.37. The van der Waals surface area contributed by atoms with Gasteiger partial charge in [0.05, 0.1) is 6.61 Å². The van der Waals surface area contributed by atoms with Gasteiger partial charge in [-0.2, -0.15) is 0 Å². The second-order valence-corrected chi connectivity index (χ2v) is 5.62. The number of nitrogens with one attached hydrogen (secondary N) is 1. The smallest absolute Gasteiger partial charge is 0.0507 e. The Morgan fingerprint density at radius 3 is 2.88 bits per heavy atom. The van der Waals surface area contributed by atoms with Gasteiger partial charge in [0.2, 0.25) is 0 Å². The van der Waals surface area contributed by atoms with Gasteiger partial charge in [0.15, 0.2) is 0 Å². The van der Waals surface area contributed by atoms with Crippen molar-refractivity contribution in [1.29, 1.82) is 0 Å². The van der Waals surface area contributed by atoms with Crippen LogP contribution in [-0.2, 0) is 4.74 Å². The molecule has 94 valence electrons. The number of rotatable bonds is 5. The van der Waals surface area contributed by atoms with Crippen LogP contribution in [0.3, 0.4) is 0 Å². The summed E-state index contributed by atoms with van der Waals surface area (Å²) in [6.07, 6.45) is 2.61. The van der Waals surface area contributed by atoms with Gasteiger partial charge >= 0.3 is 0 Å². The van der Waals surface area contributed by atoms with E-state index in [0.717, 1.165) is 44.2 Å². The summed E-state index contributed by atoms with van der Waals surface area (Å²) in [4.78, 5) is 2.61. The van der Waals surface area contributed by atoms with E-state index in [4.69, 9.17) is 4.74 Å². The zero-order valence-electron chi connectivity index (χ0n) is 10.7. The third-order valence-electron chi connectivity index (χ3n) is 3.95. The van der Waals surface area contributed by atoms with E-state index < -0.39 is 0 Å². The van der Waals surface area contributed by atoms with Crippen molar-refractivity contribution in [2.75, 3.05) is 39.4 Å². The lowest BCUT2D eigenvalue weighted by atomic mass is 10.1. The molecule has 2 saturated heterocycles. The molecule has 0 aromatic heterocycles. The van der Waals surface area contributed by atoms with Gasteiger partial charge in [0, 0.05) is 38.8 Å². The summed E-state index contributed by atoms with van der Waals surface area (Å²) in [6.45, 7) is 11.4. The molecule has 1 N–H and O–H groups in total. The summed E-state index contributed by atoms with van der Waals surface area (Å²) in [7, 11) is 0. The van der Waals surface area contributed by atoms with Crippen molar-refractivity contribution < 1.29 is 4.74 Å². The van der Waals surface area contributed by atoms with Gasteiger partial charge in [0.25, 0.3) is 0 Å². The Morgan fingerprint density at radius 1 is 1.38 bits per heavy atom. The van der Waals surface area contributed by atoms with E-state index in [-0.39, 0.29) is 0 Å². The van der Waals surface area contributed by atoms with E-state index in [1.54, 1.807) is 0 Å². The normalized spacial score (nSPS) is 36.0. The second-order valence-electron chi connectivity index (χ2n) is 5.62. The number of likely N-dealkylation sites (tertiary alicyclic amines) is 1. The van der Waals surface area contributed by atoms with Crippen molar-refractivity contribution in [3.8, 4) is 0 Å². The van der Waals surface area contributed by atoms with E-state index >= 15 is 0 Å². The van der Waals surface area contributed by atoms with Crippen LogP contribution in [0.2, 0.25) is 0 Å². The highest BCUT2D eigenvalue weighted by atomic mass is 16.5. The number of nitrogens with zero attached hydrogens (tertiary/aromatic N) is 1. The Balaban J connectivity index is 1.54. The summed E-state index contributed by atoms with van der Waals surface area (Å²) in [6, 6.07) is 0.784. The molecule has 0 saturated carbocycles. The Labute approximate surface area is 99.5 Å². The minimum absolute atomic E-state index is 0.759. The maximum Gasteiger partial charge on any atom is 0.0507 e. The predicted octanol–water partition coefficient (Wildman–Crippen LogP) is 1.34. The zero-order chi connectivity index (χ0) is 11.4. The first-order valence-electron chi connectivity index (χ1n) is 6.78. The third kappa shape index (κ3) is 3.44. The molecule has 2 fully saturated rings. The van der Waals surface area contributed by atoms with Crippen LogP contribution in [0.25, 0.3) is 0 Å². The van der Waals surface area contributed by atoms with Crippen molar-refractivity contribution >= 4 is 0 Å². The Morgan fingerprint density at radius 2 is 2.25 bits per heavy atom. The monoisotopic (exact) mass is 226 g/mol. The molecule has 3 nitrogen and oxygen atoms in total. The van der Waals surface area contributed by atoms with Crippen LogP contribution in [0.4, 0.5) is 0 Å². The molecule has 0 amide bonds. The highest BCUT2D eigenvalue weighted by Gasteiger charge is 2.25. The molecule has 0 radical (unpaired) electrons. The molecule has 3 unspecified atom stereocenters. The first kappa shape index (κ1) is 12.3. The summed E-state index contributed by atoms with van der Waals surface area (Å²) >= 11 is 0. The van der Waals surface area contributed by atoms with Gasteiger partial charge in [-0.1, -0.05) is 6.92 Å². The van der Waals surface area contributed by atoms with Crippen molar-refractivity contribution in [1.82, 2.24) is 10.2 Å². The molecule has 0 bridgehead atoms. The van der Waals surface area contributed by atoms with Gasteiger partial charge in [-0.25, -0.2) is 0 Å². The van der Waals surface area contributed by atoms with Gasteiger partial charge in [0.1, 0.15) is 0 Å². The van der Waals surface area contributed by atoms with E-state index in [1.807, 2.05) is 0 Å². The Kier molecular flexibility index (Phi) is 4.62. The zero-order valence-corrected chi connectivity index (χ0v) is 10.7. The summed E-state index contributed by atoms with van der Waals surface area (Å²) in [5.74, 6) is 1.65. The molecule has 0 aromatic carbocycles. The van der Waals surface area contributed by atoms with Crippen molar-refractivity contribution in [2.24, 2.45) is 11.8 Å². The largest absolute Gasteiger partial charge is 0.381 e. The van der Waals surface area contributed by atoms with Crippen LogP contribution in [-0.4, -0.2) is 50.3 Å². The fourth-order valence-electron chi connectivity index (χ4n) is 2.97. The predicted molar refractivity (Wildman–Crippen MR) is 66.6 cm³/mol. The molecule has 0 spiro atoms. The van der Waals surface area contributed by atoms with Crippen LogP contribution in [0.15, 0.2) is 0 Å². The van der Waals surface area contributed by atoms with Crippen molar-refractivity contribution in [3.63, 3.8) is 0 Å². The molecular weight excluding hydrogens is 200 g/mol. The summed E-state index contributed by atoms with van der Waals surface area (Å²) < 4.78 is 5.37. The van der Waals surface area contributed by atoms with E-state index in [9.17, 15) is 0 Å².